The van der Waals surface area contributed by atoms with E-state index in [0.29, 0.717) is 12.2 Å². The van der Waals surface area contributed by atoms with Crippen LogP contribution in [-0.2, 0) is 20.8 Å². The van der Waals surface area contributed by atoms with Crippen LogP contribution in [-0.4, -0.2) is 54.4 Å². The minimum Gasteiger partial charge on any atom is -0.491 e. The molecule has 186 valence electrons. The Morgan fingerprint density at radius 3 is 2.44 bits per heavy atom. The van der Waals surface area contributed by atoms with Crippen molar-refractivity contribution >= 4 is 23.4 Å². The van der Waals surface area contributed by atoms with Crippen molar-refractivity contribution in [2.24, 2.45) is 0 Å². The summed E-state index contributed by atoms with van der Waals surface area (Å²) in [5, 5.41) is 0. The molecule has 11 heteroatoms. The Hall–Kier alpha value is -3.60. The lowest BCUT2D eigenvalue weighted by Crippen LogP contribution is -2.44. The van der Waals surface area contributed by atoms with Crippen molar-refractivity contribution in [3.05, 3.63) is 50.7 Å². The molecule has 0 radical (unpaired) electrons. The second-order valence-corrected chi connectivity index (χ2v) is 7.80. The van der Waals surface area contributed by atoms with Gasteiger partial charge in [-0.2, -0.15) is 0 Å². The van der Waals surface area contributed by atoms with Crippen LogP contribution in [0.3, 0.4) is 0 Å². The van der Waals surface area contributed by atoms with Gasteiger partial charge in [0.15, 0.2) is 12.3 Å². The average Bonchev–Trinajstić information content (AvgIpc) is 2.79. The first-order valence-corrected chi connectivity index (χ1v) is 11.0. The molecule has 1 amide bonds. The second kappa shape index (κ2) is 12.6. The Kier molecular flexibility index (Phi) is 9.87. The van der Waals surface area contributed by atoms with Crippen LogP contribution in [0.5, 0.6) is 5.75 Å². The van der Waals surface area contributed by atoms with Gasteiger partial charge in [0.25, 0.3) is 11.5 Å². The summed E-state index contributed by atoms with van der Waals surface area (Å²) in [6.45, 7) is 5.41. The third kappa shape index (κ3) is 6.95. The van der Waals surface area contributed by atoms with Crippen molar-refractivity contribution in [2.75, 3.05) is 37.5 Å². The molecule has 0 atom stereocenters. The molecule has 2 rings (SSSR count). The van der Waals surface area contributed by atoms with Gasteiger partial charge in [0, 0.05) is 20.2 Å². The lowest BCUT2D eigenvalue weighted by Gasteiger charge is -2.24. The van der Waals surface area contributed by atoms with Crippen LogP contribution in [0.15, 0.2) is 33.9 Å². The van der Waals surface area contributed by atoms with E-state index in [0.717, 1.165) is 11.3 Å². The molecule has 1 heterocycles. The van der Waals surface area contributed by atoms with Crippen molar-refractivity contribution in [1.29, 1.82) is 0 Å². The van der Waals surface area contributed by atoms with E-state index in [1.807, 2.05) is 20.8 Å². The molecule has 2 aromatic rings. The number of H-pyrrole nitrogens is 1. The summed E-state index contributed by atoms with van der Waals surface area (Å²) >= 11 is 0. The number of benzene rings is 1. The molecule has 0 spiro atoms. The number of hydrogen-bond acceptors (Lipinski definition) is 8. The molecule has 0 unspecified atom stereocenters. The normalized spacial score (nSPS) is 10.9. The summed E-state index contributed by atoms with van der Waals surface area (Å²) in [5.74, 6) is -0.950. The van der Waals surface area contributed by atoms with Gasteiger partial charge in [0.2, 0.25) is 0 Å². The topological polar surface area (TPSA) is 146 Å². The fourth-order valence-corrected chi connectivity index (χ4v) is 3.15. The van der Waals surface area contributed by atoms with Gasteiger partial charge in [0.1, 0.15) is 11.6 Å². The largest absolute Gasteiger partial charge is 0.491 e. The van der Waals surface area contributed by atoms with Gasteiger partial charge in [0.05, 0.1) is 18.3 Å². The molecule has 0 saturated carbocycles. The fraction of sp³-hybridized carbons (Fsp3) is 0.478. The van der Waals surface area contributed by atoms with E-state index in [9.17, 15) is 19.2 Å². The number of nitrogens with two attached hydrogens (primary N) is 1. The number of carbonyl (C=O) groups excluding carboxylic acids is 2. The first kappa shape index (κ1) is 26.7. The van der Waals surface area contributed by atoms with Gasteiger partial charge in [-0.05, 0) is 44.5 Å². The molecule has 1 aromatic carbocycles. The van der Waals surface area contributed by atoms with Crippen molar-refractivity contribution in [3.8, 4) is 5.75 Å². The SMILES string of the molecule is CCCCn1c(N)c(N(CCOC)C(=O)COC(=O)c2ccc(OC(C)C)cc2)c(=O)[nH]c1=O. The van der Waals surface area contributed by atoms with Crippen LogP contribution in [0, 0.1) is 0 Å². The number of carbonyl (C=O) groups is 2. The number of hydrogen-bond donors (Lipinski definition) is 2. The summed E-state index contributed by atoms with van der Waals surface area (Å²) in [4.78, 5) is 53.4. The summed E-state index contributed by atoms with van der Waals surface area (Å²) < 4.78 is 16.9. The Morgan fingerprint density at radius 2 is 1.85 bits per heavy atom. The molecule has 0 aliphatic rings. The third-order valence-corrected chi connectivity index (χ3v) is 4.83. The second-order valence-electron chi connectivity index (χ2n) is 7.80. The molecule has 0 fully saturated rings. The molecule has 0 aliphatic heterocycles. The number of esters is 1. The Balaban J connectivity index is 2.22. The molecule has 0 saturated heterocycles. The maximum absolute atomic E-state index is 13.0. The third-order valence-electron chi connectivity index (χ3n) is 4.83. The molecule has 0 aliphatic carbocycles. The Bertz CT molecular complexity index is 1090. The quantitative estimate of drug-likeness (QED) is 0.439. The highest BCUT2D eigenvalue weighted by Gasteiger charge is 2.25. The van der Waals surface area contributed by atoms with Gasteiger partial charge in [-0.25, -0.2) is 9.59 Å². The summed E-state index contributed by atoms with van der Waals surface area (Å²) in [6, 6.07) is 6.31. The summed E-state index contributed by atoms with van der Waals surface area (Å²) in [6.07, 6.45) is 1.44. The molecule has 0 bridgehead atoms. The molecular formula is C23H32N4O7. The summed E-state index contributed by atoms with van der Waals surface area (Å²) in [7, 11) is 1.44. The molecule has 11 nitrogen and oxygen atoms in total. The predicted molar refractivity (Wildman–Crippen MR) is 127 cm³/mol. The van der Waals surface area contributed by atoms with Crippen LogP contribution in [0.25, 0.3) is 0 Å². The Labute approximate surface area is 197 Å². The van der Waals surface area contributed by atoms with Crippen molar-refractivity contribution in [2.45, 2.75) is 46.3 Å². The van der Waals surface area contributed by atoms with Crippen LogP contribution in [0.4, 0.5) is 11.5 Å². The minimum absolute atomic E-state index is 0.0135. The molecular weight excluding hydrogens is 444 g/mol. The van der Waals surface area contributed by atoms with E-state index in [-0.39, 0.29) is 42.9 Å². The van der Waals surface area contributed by atoms with E-state index < -0.39 is 29.7 Å². The number of anilines is 2. The number of unbranched alkanes of at least 4 members (excludes halogenated alkanes) is 1. The smallest absolute Gasteiger partial charge is 0.338 e. The number of aromatic nitrogens is 2. The maximum atomic E-state index is 13.0. The van der Waals surface area contributed by atoms with E-state index in [2.05, 4.69) is 4.98 Å². The number of amides is 1. The standard InChI is InChI=1S/C23H32N4O7/c1-5-6-11-27-20(24)19(21(29)25-23(27)31)26(12-13-32-4)18(28)14-33-22(30)16-7-9-17(10-8-16)34-15(2)3/h7-10,15H,5-6,11-14,24H2,1-4H3,(H,25,29,31). The number of nitrogen functional groups attached to an aromatic ring is 1. The first-order chi connectivity index (χ1) is 16.2. The van der Waals surface area contributed by atoms with E-state index in [1.54, 1.807) is 12.1 Å². The summed E-state index contributed by atoms with van der Waals surface area (Å²) in [5.41, 5.74) is 4.69. The van der Waals surface area contributed by atoms with E-state index >= 15 is 0 Å². The van der Waals surface area contributed by atoms with Gasteiger partial charge in [-0.15, -0.1) is 0 Å². The number of rotatable bonds is 12. The van der Waals surface area contributed by atoms with Gasteiger partial charge in [-0.3, -0.25) is 24.0 Å². The molecule has 34 heavy (non-hydrogen) atoms. The minimum atomic E-state index is -0.813. The molecule has 1 aromatic heterocycles. The van der Waals surface area contributed by atoms with Crippen LogP contribution in [0.1, 0.15) is 44.0 Å². The zero-order chi connectivity index (χ0) is 25.3. The highest BCUT2D eigenvalue weighted by Crippen LogP contribution is 2.18. The number of aromatic amines is 1. The average molecular weight is 477 g/mol. The molecule has 3 N–H and O–H groups in total. The zero-order valence-electron chi connectivity index (χ0n) is 20.0. The zero-order valence-corrected chi connectivity index (χ0v) is 20.0. The van der Waals surface area contributed by atoms with Gasteiger partial charge in [-0.1, -0.05) is 13.3 Å². The van der Waals surface area contributed by atoms with Crippen LogP contribution in [0.2, 0.25) is 0 Å². The van der Waals surface area contributed by atoms with E-state index in [4.69, 9.17) is 19.9 Å². The van der Waals surface area contributed by atoms with Crippen LogP contribution < -0.4 is 26.6 Å². The number of ether oxygens (including phenoxy) is 3. The van der Waals surface area contributed by atoms with Gasteiger partial charge < -0.3 is 19.9 Å². The van der Waals surface area contributed by atoms with E-state index in [1.165, 1.54) is 23.8 Å². The lowest BCUT2D eigenvalue weighted by atomic mass is 10.2. The highest BCUT2D eigenvalue weighted by atomic mass is 16.5. The van der Waals surface area contributed by atoms with Crippen molar-refractivity contribution in [3.63, 3.8) is 0 Å². The number of nitrogens with one attached hydrogen (secondary N) is 1. The first-order valence-electron chi connectivity index (χ1n) is 11.0. The Morgan fingerprint density at radius 1 is 1.18 bits per heavy atom. The van der Waals surface area contributed by atoms with Gasteiger partial charge >= 0.3 is 11.7 Å². The highest BCUT2D eigenvalue weighted by molar-refractivity contribution is 5.98. The number of methoxy groups -OCH3 is 1. The maximum Gasteiger partial charge on any atom is 0.338 e. The van der Waals surface area contributed by atoms with Crippen molar-refractivity contribution in [1.82, 2.24) is 9.55 Å². The predicted octanol–water partition coefficient (Wildman–Crippen LogP) is 1.54. The van der Waals surface area contributed by atoms with Crippen LogP contribution >= 0.6 is 0 Å². The number of nitrogens with zero attached hydrogens (tertiary/aromatic N) is 2. The fourth-order valence-electron chi connectivity index (χ4n) is 3.15. The lowest BCUT2D eigenvalue weighted by molar-refractivity contribution is -0.121. The van der Waals surface area contributed by atoms with Crippen molar-refractivity contribution < 1.29 is 23.8 Å². The monoisotopic (exact) mass is 476 g/mol.